The predicted molar refractivity (Wildman–Crippen MR) is 63.1 cm³/mol. The van der Waals surface area contributed by atoms with Gasteiger partial charge in [0.2, 0.25) is 5.91 Å². The minimum absolute atomic E-state index is 0.130. The molecule has 9 heteroatoms. The molecule has 98 valence electrons. The third-order valence-electron chi connectivity index (χ3n) is 2.12. The molecule has 3 amide bonds. The second kappa shape index (κ2) is 5.12. The minimum atomic E-state index is -0.647. The summed E-state index contributed by atoms with van der Waals surface area (Å²) in [6.07, 6.45) is 4.14. The Morgan fingerprint density at radius 1 is 1.47 bits per heavy atom. The van der Waals surface area contributed by atoms with Crippen LogP contribution < -0.4 is 5.32 Å². The average molecular weight is 264 g/mol. The van der Waals surface area contributed by atoms with Crippen LogP contribution in [0.5, 0.6) is 0 Å². The monoisotopic (exact) mass is 264 g/mol. The van der Waals surface area contributed by atoms with Crippen molar-refractivity contribution < 1.29 is 18.9 Å². The molecule has 0 atom stereocenters. The lowest BCUT2D eigenvalue weighted by Gasteiger charge is -2.02. The van der Waals surface area contributed by atoms with Gasteiger partial charge in [-0.1, -0.05) is 0 Å². The van der Waals surface area contributed by atoms with Gasteiger partial charge in [0, 0.05) is 6.21 Å². The Kier molecular flexibility index (Phi) is 3.37. The zero-order valence-corrected chi connectivity index (χ0v) is 9.48. The van der Waals surface area contributed by atoms with Gasteiger partial charge in [0.25, 0.3) is 0 Å². The van der Waals surface area contributed by atoms with E-state index in [4.69, 9.17) is 4.42 Å². The smallest absolute Gasteiger partial charge is 0.401 e. The van der Waals surface area contributed by atoms with E-state index in [0.717, 1.165) is 5.01 Å². The van der Waals surface area contributed by atoms with Crippen molar-refractivity contribution in [3.05, 3.63) is 34.1 Å². The van der Waals surface area contributed by atoms with Crippen LogP contribution in [-0.4, -0.2) is 34.6 Å². The van der Waals surface area contributed by atoms with Gasteiger partial charge in [-0.25, -0.2) is 9.80 Å². The van der Waals surface area contributed by atoms with Gasteiger partial charge in [-0.05, 0) is 18.2 Å². The fourth-order valence-corrected chi connectivity index (χ4v) is 1.31. The average Bonchev–Trinajstić information content (AvgIpc) is 2.92. The lowest BCUT2D eigenvalue weighted by Crippen LogP contribution is -2.23. The minimum Gasteiger partial charge on any atom is -0.401 e. The van der Waals surface area contributed by atoms with Crippen LogP contribution in [0.2, 0.25) is 0 Å². The Hall–Kier alpha value is -2.97. The fourth-order valence-electron chi connectivity index (χ4n) is 1.31. The summed E-state index contributed by atoms with van der Waals surface area (Å²) in [5, 5.41) is 17.1. The summed E-state index contributed by atoms with van der Waals surface area (Å²) in [6.45, 7) is -0.130. The quantitative estimate of drug-likeness (QED) is 0.372. The summed E-state index contributed by atoms with van der Waals surface area (Å²) in [5.41, 5.74) is 0. The van der Waals surface area contributed by atoms with Gasteiger partial charge >= 0.3 is 11.9 Å². The highest BCUT2D eigenvalue weighted by atomic mass is 16.6. The number of carbonyl (C=O) groups excluding carboxylic acids is 2. The maximum Gasteiger partial charge on any atom is 0.433 e. The van der Waals surface area contributed by atoms with Gasteiger partial charge in [-0.2, -0.15) is 5.10 Å². The number of furan rings is 1. The van der Waals surface area contributed by atoms with Gasteiger partial charge in [0.05, 0.1) is 6.07 Å². The van der Waals surface area contributed by atoms with Crippen LogP contribution in [0.3, 0.4) is 0 Å². The third-order valence-corrected chi connectivity index (χ3v) is 2.12. The van der Waals surface area contributed by atoms with E-state index in [1.807, 2.05) is 0 Å². The normalized spacial score (nSPS) is 15.7. The SMILES string of the molecule is O=C1CN(N=C/C=C/c2ccc([N+](=O)[O-])o2)C(=O)N1. The first-order chi connectivity index (χ1) is 9.06. The molecule has 0 aliphatic carbocycles. The maximum atomic E-state index is 11.1. The van der Waals surface area contributed by atoms with Gasteiger partial charge < -0.3 is 4.42 Å². The number of allylic oxidation sites excluding steroid dienone is 1. The predicted octanol–water partition coefficient (Wildman–Crippen LogP) is 0.739. The molecule has 9 nitrogen and oxygen atoms in total. The van der Waals surface area contributed by atoms with Crippen LogP contribution in [0.25, 0.3) is 6.08 Å². The molecule has 1 N–H and O–H groups in total. The Morgan fingerprint density at radius 3 is 2.84 bits per heavy atom. The topological polar surface area (TPSA) is 118 Å². The fraction of sp³-hybridized carbons (Fsp3) is 0.100. The standard InChI is InChI=1S/C10H8N4O5/c15-8-6-13(10(16)12-8)11-5-1-2-7-3-4-9(19-7)14(17)18/h1-5H,6H2,(H,12,15,16)/b2-1+,11-5?. The number of imide groups is 1. The molecule has 1 fully saturated rings. The summed E-state index contributed by atoms with van der Waals surface area (Å²) < 4.78 is 4.86. The summed E-state index contributed by atoms with van der Waals surface area (Å²) in [5.74, 6) is -0.506. The zero-order chi connectivity index (χ0) is 13.8. The van der Waals surface area contributed by atoms with Crippen molar-refractivity contribution in [2.45, 2.75) is 0 Å². The van der Waals surface area contributed by atoms with Crippen molar-refractivity contribution in [2.75, 3.05) is 6.54 Å². The van der Waals surface area contributed by atoms with Crippen LogP contribution in [-0.2, 0) is 4.79 Å². The lowest BCUT2D eigenvalue weighted by molar-refractivity contribution is -0.402. The van der Waals surface area contributed by atoms with Crippen LogP contribution in [0.15, 0.2) is 27.7 Å². The maximum absolute atomic E-state index is 11.1. The molecular weight excluding hydrogens is 256 g/mol. The van der Waals surface area contributed by atoms with E-state index in [1.54, 1.807) is 0 Å². The molecule has 0 saturated carbocycles. The van der Waals surface area contributed by atoms with Gasteiger partial charge in [0.15, 0.2) is 0 Å². The van der Waals surface area contributed by atoms with Crippen molar-refractivity contribution in [1.29, 1.82) is 0 Å². The number of nitrogens with zero attached hydrogens (tertiary/aromatic N) is 3. The largest absolute Gasteiger partial charge is 0.433 e. The van der Waals surface area contributed by atoms with Crippen LogP contribution in [0.4, 0.5) is 10.7 Å². The number of hydrogen-bond donors (Lipinski definition) is 1. The number of nitrogens with one attached hydrogen (secondary N) is 1. The Bertz CT molecular complexity index is 588. The molecule has 0 unspecified atom stereocenters. The first-order valence-electron chi connectivity index (χ1n) is 5.12. The molecule has 0 aromatic carbocycles. The zero-order valence-electron chi connectivity index (χ0n) is 9.48. The number of carbonyl (C=O) groups is 2. The molecule has 1 aromatic heterocycles. The second-order valence-corrected chi connectivity index (χ2v) is 3.47. The number of hydrazone groups is 1. The van der Waals surface area contributed by atoms with E-state index in [1.165, 1.54) is 30.5 Å². The molecule has 1 aromatic rings. The molecule has 0 spiro atoms. The van der Waals surface area contributed by atoms with Crippen LogP contribution in [0.1, 0.15) is 5.76 Å². The first-order valence-corrected chi connectivity index (χ1v) is 5.12. The van der Waals surface area contributed by atoms with E-state index in [-0.39, 0.29) is 18.2 Å². The number of amides is 3. The summed E-state index contributed by atoms with van der Waals surface area (Å²) >= 11 is 0. The molecule has 2 heterocycles. The molecule has 1 aliphatic rings. The summed E-state index contributed by atoms with van der Waals surface area (Å²) in [7, 11) is 0. The highest BCUT2D eigenvalue weighted by molar-refractivity contribution is 6.02. The van der Waals surface area contributed by atoms with Gasteiger partial charge in [0.1, 0.15) is 17.2 Å². The van der Waals surface area contributed by atoms with Crippen molar-refractivity contribution in [1.82, 2.24) is 10.3 Å². The molecule has 1 aliphatic heterocycles. The number of hydrogen-bond acceptors (Lipinski definition) is 6. The van der Waals surface area contributed by atoms with Crippen LogP contribution >= 0.6 is 0 Å². The Labute approximate surface area is 106 Å². The Morgan fingerprint density at radius 2 is 2.26 bits per heavy atom. The summed E-state index contributed by atoms with van der Waals surface area (Å²) in [6, 6.07) is 2.06. The second-order valence-electron chi connectivity index (χ2n) is 3.47. The van der Waals surface area contributed by atoms with Gasteiger partial charge in [-0.3, -0.25) is 20.2 Å². The number of nitro groups is 1. The highest BCUT2D eigenvalue weighted by Gasteiger charge is 2.25. The van der Waals surface area contributed by atoms with E-state index in [2.05, 4.69) is 10.4 Å². The van der Waals surface area contributed by atoms with E-state index in [0.29, 0.717) is 0 Å². The van der Waals surface area contributed by atoms with E-state index < -0.39 is 16.9 Å². The van der Waals surface area contributed by atoms with Crippen molar-refractivity contribution in [3.8, 4) is 0 Å². The lowest BCUT2D eigenvalue weighted by atomic mass is 10.4. The van der Waals surface area contributed by atoms with Crippen molar-refractivity contribution in [2.24, 2.45) is 5.10 Å². The van der Waals surface area contributed by atoms with Crippen molar-refractivity contribution in [3.63, 3.8) is 0 Å². The van der Waals surface area contributed by atoms with Crippen LogP contribution in [0, 0.1) is 10.1 Å². The Balaban J connectivity index is 1.94. The highest BCUT2D eigenvalue weighted by Crippen LogP contribution is 2.16. The summed E-state index contributed by atoms with van der Waals surface area (Å²) in [4.78, 5) is 31.6. The molecule has 1 saturated heterocycles. The first kappa shape index (κ1) is 12.5. The van der Waals surface area contributed by atoms with E-state index in [9.17, 15) is 19.7 Å². The van der Waals surface area contributed by atoms with Crippen molar-refractivity contribution >= 4 is 30.1 Å². The number of urea groups is 1. The molecular formula is C10H8N4O5. The molecule has 0 bridgehead atoms. The molecule has 19 heavy (non-hydrogen) atoms. The third kappa shape index (κ3) is 3.03. The van der Waals surface area contributed by atoms with E-state index >= 15 is 0 Å². The number of rotatable bonds is 4. The molecule has 0 radical (unpaired) electrons. The van der Waals surface area contributed by atoms with Gasteiger partial charge in [-0.15, -0.1) is 0 Å². The molecule has 2 rings (SSSR count).